The molecule has 0 amide bonds. The standard InChI is InChI=1S/C15H26N2/c1-12-8-9-15(13(2)11-12)17(4)10-6-5-7-14(3)16/h8-9,11,14H,5-7,10,16H2,1-4H3. The van der Waals surface area contributed by atoms with Crippen LogP contribution < -0.4 is 10.6 Å². The van der Waals surface area contributed by atoms with E-state index in [2.05, 4.69) is 50.9 Å². The Bertz CT molecular complexity index is 345. The Morgan fingerprint density at radius 2 is 1.94 bits per heavy atom. The topological polar surface area (TPSA) is 29.3 Å². The molecule has 1 rings (SSSR count). The van der Waals surface area contributed by atoms with Gasteiger partial charge in [0.2, 0.25) is 0 Å². The molecule has 17 heavy (non-hydrogen) atoms. The highest BCUT2D eigenvalue weighted by Gasteiger charge is 2.04. The van der Waals surface area contributed by atoms with E-state index in [1.807, 2.05) is 0 Å². The van der Waals surface area contributed by atoms with Crippen molar-refractivity contribution in [1.29, 1.82) is 0 Å². The van der Waals surface area contributed by atoms with Gasteiger partial charge in [0.25, 0.3) is 0 Å². The van der Waals surface area contributed by atoms with Crippen LogP contribution in [0.3, 0.4) is 0 Å². The van der Waals surface area contributed by atoms with Crippen molar-refractivity contribution in [2.75, 3.05) is 18.5 Å². The van der Waals surface area contributed by atoms with Crippen LogP contribution in [0.2, 0.25) is 0 Å². The maximum absolute atomic E-state index is 5.75. The molecule has 0 aliphatic carbocycles. The second-order valence-corrected chi connectivity index (χ2v) is 5.18. The third-order valence-electron chi connectivity index (χ3n) is 3.17. The van der Waals surface area contributed by atoms with Gasteiger partial charge in [-0.25, -0.2) is 0 Å². The molecule has 0 fully saturated rings. The van der Waals surface area contributed by atoms with Crippen molar-refractivity contribution in [2.24, 2.45) is 5.73 Å². The fourth-order valence-corrected chi connectivity index (χ4v) is 2.17. The zero-order chi connectivity index (χ0) is 12.8. The van der Waals surface area contributed by atoms with Gasteiger partial charge in [0.05, 0.1) is 0 Å². The number of hydrogen-bond acceptors (Lipinski definition) is 2. The van der Waals surface area contributed by atoms with E-state index in [1.54, 1.807) is 0 Å². The molecule has 0 saturated carbocycles. The van der Waals surface area contributed by atoms with Crippen LogP contribution in [0.25, 0.3) is 0 Å². The van der Waals surface area contributed by atoms with Gasteiger partial charge < -0.3 is 10.6 Å². The average Bonchev–Trinajstić information content (AvgIpc) is 2.23. The average molecular weight is 234 g/mol. The predicted octanol–water partition coefficient (Wildman–Crippen LogP) is 3.26. The van der Waals surface area contributed by atoms with Gasteiger partial charge in [0.15, 0.2) is 0 Å². The molecule has 0 bridgehead atoms. The van der Waals surface area contributed by atoms with Gasteiger partial charge in [-0.15, -0.1) is 0 Å². The second-order valence-electron chi connectivity index (χ2n) is 5.18. The van der Waals surface area contributed by atoms with Crippen LogP contribution in [0.4, 0.5) is 5.69 Å². The quantitative estimate of drug-likeness (QED) is 0.766. The number of rotatable bonds is 6. The molecule has 0 aliphatic heterocycles. The maximum Gasteiger partial charge on any atom is 0.0393 e. The molecule has 0 heterocycles. The van der Waals surface area contributed by atoms with Gasteiger partial charge in [-0.05, 0) is 45.2 Å². The summed E-state index contributed by atoms with van der Waals surface area (Å²) in [7, 11) is 2.17. The monoisotopic (exact) mass is 234 g/mol. The summed E-state index contributed by atoms with van der Waals surface area (Å²) in [5.41, 5.74) is 9.78. The van der Waals surface area contributed by atoms with Crippen molar-refractivity contribution in [1.82, 2.24) is 0 Å². The first-order valence-electron chi connectivity index (χ1n) is 6.54. The molecule has 96 valence electrons. The van der Waals surface area contributed by atoms with Crippen molar-refractivity contribution in [3.05, 3.63) is 29.3 Å². The Hall–Kier alpha value is -1.02. The minimum Gasteiger partial charge on any atom is -0.374 e. The Morgan fingerprint density at radius 1 is 1.24 bits per heavy atom. The molecule has 0 saturated heterocycles. The highest BCUT2D eigenvalue weighted by Crippen LogP contribution is 2.20. The SMILES string of the molecule is Cc1ccc(N(C)CCCCC(C)N)c(C)c1. The van der Waals surface area contributed by atoms with Gasteiger partial charge in [-0.3, -0.25) is 0 Å². The number of unbranched alkanes of at least 4 members (excludes halogenated alkanes) is 1. The smallest absolute Gasteiger partial charge is 0.0393 e. The number of nitrogens with zero attached hydrogens (tertiary/aromatic N) is 1. The summed E-state index contributed by atoms with van der Waals surface area (Å²) in [4.78, 5) is 2.34. The van der Waals surface area contributed by atoms with Crippen molar-refractivity contribution in [3.63, 3.8) is 0 Å². The summed E-state index contributed by atoms with van der Waals surface area (Å²) in [5, 5.41) is 0. The van der Waals surface area contributed by atoms with Crippen molar-refractivity contribution in [3.8, 4) is 0 Å². The Labute approximate surface area is 106 Å². The van der Waals surface area contributed by atoms with E-state index in [9.17, 15) is 0 Å². The third-order valence-corrected chi connectivity index (χ3v) is 3.17. The van der Waals surface area contributed by atoms with Crippen LogP contribution in [-0.4, -0.2) is 19.6 Å². The third kappa shape index (κ3) is 4.78. The molecule has 0 radical (unpaired) electrons. The van der Waals surface area contributed by atoms with Crippen molar-refractivity contribution < 1.29 is 0 Å². The van der Waals surface area contributed by atoms with E-state index in [0.29, 0.717) is 6.04 Å². The number of anilines is 1. The molecule has 2 nitrogen and oxygen atoms in total. The van der Waals surface area contributed by atoms with Crippen LogP contribution in [0.15, 0.2) is 18.2 Å². The van der Waals surface area contributed by atoms with Gasteiger partial charge in [0.1, 0.15) is 0 Å². The highest BCUT2D eigenvalue weighted by atomic mass is 15.1. The summed E-state index contributed by atoms with van der Waals surface area (Å²) < 4.78 is 0. The first kappa shape index (κ1) is 14.0. The molecular weight excluding hydrogens is 208 g/mol. The summed E-state index contributed by atoms with van der Waals surface area (Å²) in [6, 6.07) is 6.98. The Kier molecular flexibility index (Phi) is 5.49. The molecule has 0 spiro atoms. The lowest BCUT2D eigenvalue weighted by atomic mass is 10.1. The van der Waals surface area contributed by atoms with E-state index in [4.69, 9.17) is 5.73 Å². The van der Waals surface area contributed by atoms with E-state index in [0.717, 1.165) is 13.0 Å². The van der Waals surface area contributed by atoms with Crippen LogP contribution in [0.1, 0.15) is 37.3 Å². The zero-order valence-corrected chi connectivity index (χ0v) is 11.7. The molecule has 0 aliphatic rings. The number of benzene rings is 1. The van der Waals surface area contributed by atoms with Gasteiger partial charge >= 0.3 is 0 Å². The normalized spacial score (nSPS) is 12.5. The molecule has 0 aromatic heterocycles. The molecule has 1 aromatic carbocycles. The predicted molar refractivity (Wildman–Crippen MR) is 76.7 cm³/mol. The van der Waals surface area contributed by atoms with Crippen LogP contribution >= 0.6 is 0 Å². The zero-order valence-electron chi connectivity index (χ0n) is 11.7. The Balaban J connectivity index is 2.44. The minimum atomic E-state index is 0.335. The van der Waals surface area contributed by atoms with Crippen LogP contribution in [-0.2, 0) is 0 Å². The van der Waals surface area contributed by atoms with Gasteiger partial charge in [0, 0.05) is 25.3 Å². The summed E-state index contributed by atoms with van der Waals surface area (Å²) in [5.74, 6) is 0. The van der Waals surface area contributed by atoms with Crippen molar-refractivity contribution in [2.45, 2.75) is 46.1 Å². The number of nitrogens with two attached hydrogens (primary N) is 1. The largest absolute Gasteiger partial charge is 0.374 e. The first-order chi connectivity index (χ1) is 8.00. The minimum absolute atomic E-state index is 0.335. The lowest BCUT2D eigenvalue weighted by Gasteiger charge is -2.22. The lowest BCUT2D eigenvalue weighted by molar-refractivity contribution is 0.596. The Morgan fingerprint density at radius 3 is 2.53 bits per heavy atom. The van der Waals surface area contributed by atoms with Crippen LogP contribution in [0.5, 0.6) is 0 Å². The second kappa shape index (κ2) is 6.65. The fraction of sp³-hybridized carbons (Fsp3) is 0.600. The maximum atomic E-state index is 5.75. The van der Waals surface area contributed by atoms with Gasteiger partial charge in [-0.2, -0.15) is 0 Å². The molecule has 1 unspecified atom stereocenters. The number of aryl methyl sites for hydroxylation is 2. The highest BCUT2D eigenvalue weighted by molar-refractivity contribution is 5.53. The van der Waals surface area contributed by atoms with E-state index >= 15 is 0 Å². The van der Waals surface area contributed by atoms with Gasteiger partial charge in [-0.1, -0.05) is 24.1 Å². The molecular formula is C15H26N2. The van der Waals surface area contributed by atoms with E-state index in [1.165, 1.54) is 29.7 Å². The summed E-state index contributed by atoms with van der Waals surface area (Å²) >= 11 is 0. The first-order valence-corrected chi connectivity index (χ1v) is 6.54. The number of hydrogen-bond donors (Lipinski definition) is 1. The fourth-order valence-electron chi connectivity index (χ4n) is 2.17. The van der Waals surface area contributed by atoms with E-state index < -0.39 is 0 Å². The molecule has 1 aromatic rings. The lowest BCUT2D eigenvalue weighted by Crippen LogP contribution is -2.20. The summed E-state index contributed by atoms with van der Waals surface area (Å²) in [6.07, 6.45) is 3.55. The van der Waals surface area contributed by atoms with Crippen LogP contribution in [0, 0.1) is 13.8 Å². The molecule has 2 N–H and O–H groups in total. The van der Waals surface area contributed by atoms with E-state index in [-0.39, 0.29) is 0 Å². The molecule has 2 heteroatoms. The molecule has 1 atom stereocenters. The van der Waals surface area contributed by atoms with Crippen molar-refractivity contribution >= 4 is 5.69 Å². The summed E-state index contributed by atoms with van der Waals surface area (Å²) in [6.45, 7) is 7.50.